The molecule has 1 aromatic carbocycles. The molecule has 0 spiro atoms. The van der Waals surface area contributed by atoms with Crippen LogP contribution in [0.2, 0.25) is 0 Å². The van der Waals surface area contributed by atoms with Crippen molar-refractivity contribution in [2.75, 3.05) is 5.75 Å². The summed E-state index contributed by atoms with van der Waals surface area (Å²) in [6.07, 6.45) is 0. The summed E-state index contributed by atoms with van der Waals surface area (Å²) in [5.41, 5.74) is 1.74. The van der Waals surface area contributed by atoms with Gasteiger partial charge in [0.05, 0.1) is 22.4 Å². The van der Waals surface area contributed by atoms with Crippen LogP contribution in [-0.4, -0.2) is 21.5 Å². The molecule has 0 radical (unpaired) electrons. The van der Waals surface area contributed by atoms with Crippen molar-refractivity contribution in [3.8, 4) is 6.07 Å². The number of Topliss-reactive ketones (excluding diaryl/α,β-unsaturated/α-hetero) is 1. The van der Waals surface area contributed by atoms with Gasteiger partial charge in [-0.3, -0.25) is 4.79 Å². The molecule has 0 aliphatic heterocycles. The Labute approximate surface area is 142 Å². The highest BCUT2D eigenvalue weighted by Crippen LogP contribution is 2.25. The van der Waals surface area contributed by atoms with E-state index in [-0.39, 0.29) is 11.5 Å². The molecule has 23 heavy (non-hydrogen) atoms. The predicted octanol–water partition coefficient (Wildman–Crippen LogP) is 3.97. The Morgan fingerprint density at radius 2 is 2.13 bits per heavy atom. The van der Waals surface area contributed by atoms with Gasteiger partial charge in [0.25, 0.3) is 0 Å². The second kappa shape index (κ2) is 6.90. The highest BCUT2D eigenvalue weighted by atomic mass is 32.2. The van der Waals surface area contributed by atoms with Gasteiger partial charge >= 0.3 is 0 Å². The minimum atomic E-state index is -0.790. The molecule has 0 saturated heterocycles. The maximum absolute atomic E-state index is 12.3. The molecule has 0 aliphatic carbocycles. The second-order valence-electron chi connectivity index (χ2n) is 4.99. The Kier molecular flexibility index (Phi) is 4.70. The quantitative estimate of drug-likeness (QED) is 0.658. The SMILES string of the molecule is Cc1csc(C(C#N)C(=O)CSc2ccc3ccccc3n2)n1. The van der Waals surface area contributed by atoms with Gasteiger partial charge in [-0.15, -0.1) is 11.3 Å². The van der Waals surface area contributed by atoms with Gasteiger partial charge in [-0.1, -0.05) is 36.0 Å². The number of carbonyl (C=O) groups is 1. The van der Waals surface area contributed by atoms with Gasteiger partial charge in [-0.25, -0.2) is 9.97 Å². The van der Waals surface area contributed by atoms with Crippen LogP contribution in [0.5, 0.6) is 0 Å². The molecule has 114 valence electrons. The van der Waals surface area contributed by atoms with E-state index in [1.807, 2.05) is 48.7 Å². The van der Waals surface area contributed by atoms with Crippen molar-refractivity contribution in [3.05, 3.63) is 52.5 Å². The summed E-state index contributed by atoms with van der Waals surface area (Å²) in [5.74, 6) is -0.717. The van der Waals surface area contributed by atoms with Crippen molar-refractivity contribution in [1.82, 2.24) is 9.97 Å². The molecular weight excluding hydrogens is 326 g/mol. The van der Waals surface area contributed by atoms with Crippen LogP contribution in [-0.2, 0) is 4.79 Å². The fourth-order valence-electron chi connectivity index (χ4n) is 2.13. The number of fused-ring (bicyclic) bond motifs is 1. The molecule has 3 rings (SSSR count). The van der Waals surface area contributed by atoms with E-state index < -0.39 is 5.92 Å². The standard InChI is InChI=1S/C17H13N3OS2/c1-11-9-23-17(19-11)13(8-18)15(21)10-22-16-7-6-12-4-2-3-5-14(12)20-16/h2-7,9,13H,10H2,1H3. The monoisotopic (exact) mass is 339 g/mol. The molecule has 4 nitrogen and oxygen atoms in total. The first-order chi connectivity index (χ1) is 11.2. The number of thiazole rings is 1. The molecule has 3 aromatic rings. The number of aryl methyl sites for hydroxylation is 1. The summed E-state index contributed by atoms with van der Waals surface area (Å²) < 4.78 is 0. The first kappa shape index (κ1) is 15.7. The zero-order valence-corrected chi connectivity index (χ0v) is 14.0. The summed E-state index contributed by atoms with van der Waals surface area (Å²) in [4.78, 5) is 21.1. The van der Waals surface area contributed by atoms with Crippen LogP contribution in [0.15, 0.2) is 46.8 Å². The number of hydrogen-bond donors (Lipinski definition) is 0. The maximum Gasteiger partial charge on any atom is 0.167 e. The molecule has 2 aromatic heterocycles. The number of benzene rings is 1. The average molecular weight is 339 g/mol. The first-order valence-corrected chi connectivity index (χ1v) is 8.87. The van der Waals surface area contributed by atoms with Crippen LogP contribution < -0.4 is 0 Å². The van der Waals surface area contributed by atoms with Crippen molar-refractivity contribution >= 4 is 39.8 Å². The van der Waals surface area contributed by atoms with Crippen molar-refractivity contribution in [1.29, 1.82) is 5.26 Å². The lowest BCUT2D eigenvalue weighted by Gasteiger charge is -2.05. The van der Waals surface area contributed by atoms with E-state index in [0.29, 0.717) is 5.01 Å². The number of hydrogen-bond acceptors (Lipinski definition) is 6. The van der Waals surface area contributed by atoms with E-state index in [9.17, 15) is 10.1 Å². The summed E-state index contributed by atoms with van der Waals surface area (Å²) in [7, 11) is 0. The second-order valence-corrected chi connectivity index (χ2v) is 6.87. The molecule has 1 unspecified atom stereocenters. The predicted molar refractivity (Wildman–Crippen MR) is 92.7 cm³/mol. The fraction of sp³-hybridized carbons (Fsp3) is 0.176. The number of aromatic nitrogens is 2. The third kappa shape index (κ3) is 3.58. The van der Waals surface area contributed by atoms with Crippen LogP contribution >= 0.6 is 23.1 Å². The summed E-state index contributed by atoms with van der Waals surface area (Å²) in [6.45, 7) is 1.85. The lowest BCUT2D eigenvalue weighted by atomic mass is 10.1. The lowest BCUT2D eigenvalue weighted by Crippen LogP contribution is -2.13. The smallest absolute Gasteiger partial charge is 0.167 e. The Morgan fingerprint density at radius 1 is 1.30 bits per heavy atom. The molecule has 0 saturated carbocycles. The number of nitriles is 1. The average Bonchev–Trinajstić information content (AvgIpc) is 2.99. The number of pyridine rings is 1. The molecule has 0 fully saturated rings. The van der Waals surface area contributed by atoms with Gasteiger partial charge < -0.3 is 0 Å². The summed E-state index contributed by atoms with van der Waals surface area (Å²) in [6, 6.07) is 13.8. The molecule has 1 atom stereocenters. The number of thioether (sulfide) groups is 1. The van der Waals surface area contributed by atoms with E-state index in [1.165, 1.54) is 23.1 Å². The maximum atomic E-state index is 12.3. The van der Waals surface area contributed by atoms with Crippen LogP contribution in [0.3, 0.4) is 0 Å². The van der Waals surface area contributed by atoms with E-state index >= 15 is 0 Å². The zero-order valence-electron chi connectivity index (χ0n) is 12.4. The van der Waals surface area contributed by atoms with Crippen molar-refractivity contribution < 1.29 is 4.79 Å². The molecule has 0 bridgehead atoms. The molecule has 2 heterocycles. The fourth-order valence-corrected chi connectivity index (χ4v) is 3.77. The highest BCUT2D eigenvalue weighted by molar-refractivity contribution is 7.99. The number of para-hydroxylation sites is 1. The molecule has 0 amide bonds. The Balaban J connectivity index is 1.71. The number of carbonyl (C=O) groups excluding carboxylic acids is 1. The van der Waals surface area contributed by atoms with E-state index in [0.717, 1.165) is 21.6 Å². The Bertz CT molecular complexity index is 898. The van der Waals surface area contributed by atoms with Crippen LogP contribution in [0, 0.1) is 18.3 Å². The minimum absolute atomic E-state index is 0.137. The highest BCUT2D eigenvalue weighted by Gasteiger charge is 2.23. The Morgan fingerprint density at radius 3 is 2.87 bits per heavy atom. The van der Waals surface area contributed by atoms with Gasteiger partial charge in [0.2, 0.25) is 0 Å². The number of rotatable bonds is 5. The first-order valence-electron chi connectivity index (χ1n) is 7.00. The third-order valence-electron chi connectivity index (χ3n) is 3.27. The minimum Gasteiger partial charge on any atom is -0.297 e. The topological polar surface area (TPSA) is 66.6 Å². The lowest BCUT2D eigenvalue weighted by molar-refractivity contribution is -0.116. The van der Waals surface area contributed by atoms with E-state index in [2.05, 4.69) is 16.0 Å². The van der Waals surface area contributed by atoms with E-state index in [1.54, 1.807) is 0 Å². The summed E-state index contributed by atoms with van der Waals surface area (Å²) in [5, 5.41) is 13.5. The van der Waals surface area contributed by atoms with Crippen LogP contribution in [0.4, 0.5) is 0 Å². The van der Waals surface area contributed by atoms with Gasteiger partial charge in [0.1, 0.15) is 5.01 Å². The largest absolute Gasteiger partial charge is 0.297 e. The molecular formula is C17H13N3OS2. The van der Waals surface area contributed by atoms with Gasteiger partial charge in [-0.2, -0.15) is 5.26 Å². The van der Waals surface area contributed by atoms with Crippen molar-refractivity contribution in [3.63, 3.8) is 0 Å². The number of nitrogens with zero attached hydrogens (tertiary/aromatic N) is 3. The van der Waals surface area contributed by atoms with Gasteiger partial charge in [-0.05, 0) is 19.1 Å². The van der Waals surface area contributed by atoms with E-state index in [4.69, 9.17) is 0 Å². The molecule has 0 N–H and O–H groups in total. The van der Waals surface area contributed by atoms with Crippen LogP contribution in [0.1, 0.15) is 16.6 Å². The number of ketones is 1. The summed E-state index contributed by atoms with van der Waals surface area (Å²) >= 11 is 2.71. The Hall–Kier alpha value is -2.23. The van der Waals surface area contributed by atoms with Gasteiger partial charge in [0, 0.05) is 16.5 Å². The molecule has 6 heteroatoms. The third-order valence-corrected chi connectivity index (χ3v) is 5.25. The van der Waals surface area contributed by atoms with Crippen molar-refractivity contribution in [2.45, 2.75) is 17.9 Å². The zero-order chi connectivity index (χ0) is 16.2. The van der Waals surface area contributed by atoms with Crippen LogP contribution in [0.25, 0.3) is 10.9 Å². The normalized spacial score (nSPS) is 12.0. The molecule has 0 aliphatic rings. The van der Waals surface area contributed by atoms with Crippen molar-refractivity contribution in [2.24, 2.45) is 0 Å². The van der Waals surface area contributed by atoms with Gasteiger partial charge in [0.15, 0.2) is 11.7 Å².